The molecule has 0 bridgehead atoms. The molecule has 0 saturated carbocycles. The maximum atomic E-state index is 12.7. The van der Waals surface area contributed by atoms with Gasteiger partial charge >= 0.3 is 95.1 Å². The predicted octanol–water partition coefficient (Wildman–Crippen LogP) is 8.44. The summed E-state index contributed by atoms with van der Waals surface area (Å²) in [6, 6.07) is 0. The van der Waals surface area contributed by atoms with Crippen LogP contribution in [0.15, 0.2) is 23.1 Å². The summed E-state index contributed by atoms with van der Waals surface area (Å²) in [6.07, 6.45) is -14.9. The molecule has 0 N–H and O–H groups in total. The average molecular weight is 739 g/mol. The minimum atomic E-state index is -11.2. The van der Waals surface area contributed by atoms with Crippen LogP contribution in [0.4, 0.5) is 74.8 Å². The molecule has 23 heteroatoms. The van der Waals surface area contributed by atoms with E-state index in [0.29, 0.717) is 0 Å². The van der Waals surface area contributed by atoms with Crippen LogP contribution >= 0.6 is 0 Å². The van der Waals surface area contributed by atoms with Crippen molar-refractivity contribution in [3.8, 4) is 0 Å². The van der Waals surface area contributed by atoms with E-state index in [-0.39, 0.29) is 0 Å². The second-order valence-corrected chi connectivity index (χ2v) is 13.7. The molecule has 1 aliphatic rings. The summed E-state index contributed by atoms with van der Waals surface area (Å²) >= 11 is -20.4. The van der Waals surface area contributed by atoms with Gasteiger partial charge in [-0.2, -0.15) is 22.0 Å². The third-order valence-electron chi connectivity index (χ3n) is 1.83. The van der Waals surface area contributed by atoms with E-state index in [1.807, 2.05) is 0 Å². The molecular formula is C8F21Sb2. The van der Waals surface area contributed by atoms with Crippen LogP contribution in [0, 0.1) is 12.1 Å². The van der Waals surface area contributed by atoms with Crippen LogP contribution in [0.5, 0.6) is 0 Å². The van der Waals surface area contributed by atoms with Gasteiger partial charge in [-0.25, -0.2) is 4.39 Å². The number of allylic oxidation sites excluding steroid dienone is 4. The molecule has 1 rings (SSSR count). The van der Waals surface area contributed by atoms with Gasteiger partial charge in [0, 0.05) is 0 Å². The van der Waals surface area contributed by atoms with Crippen molar-refractivity contribution >= 4 is 39.8 Å². The summed E-state index contributed by atoms with van der Waals surface area (Å²) in [4.78, 5) is 0. The third-order valence-corrected chi connectivity index (χ3v) is 1.83. The quantitative estimate of drug-likeness (QED) is 0.133. The van der Waals surface area contributed by atoms with Gasteiger partial charge in [0.2, 0.25) is 5.83 Å². The number of rotatable bonds is 0. The fourth-order valence-corrected chi connectivity index (χ4v) is 1.13. The van der Waals surface area contributed by atoms with Crippen LogP contribution in [0.3, 0.4) is 0 Å². The molecule has 31 heavy (non-hydrogen) atoms. The van der Waals surface area contributed by atoms with E-state index >= 15 is 0 Å². The number of hydrogen-bond acceptors (Lipinski definition) is 0. The second kappa shape index (κ2) is 8.08. The number of halogens is 21. The first-order valence-corrected chi connectivity index (χ1v) is 16.4. The van der Waals surface area contributed by atoms with E-state index in [1.54, 1.807) is 0 Å². The maximum absolute atomic E-state index is 12.7. The Hall–Kier alpha value is -0.484. The molecule has 0 fully saturated rings. The topological polar surface area (TPSA) is 0 Å². The molecule has 0 heterocycles. The predicted molar refractivity (Wildman–Crippen MR) is 60.8 cm³/mol. The van der Waals surface area contributed by atoms with Crippen molar-refractivity contribution < 1.29 is 74.8 Å². The molecule has 0 nitrogen and oxygen atoms in total. The summed E-state index contributed by atoms with van der Waals surface area (Å²) < 4.78 is 232. The van der Waals surface area contributed by atoms with Gasteiger partial charge in [-0.3, -0.25) is 0 Å². The zero-order valence-corrected chi connectivity index (χ0v) is 17.9. The molecule has 0 aliphatic heterocycles. The molecular weight excluding hydrogens is 739 g/mol. The van der Waals surface area contributed by atoms with Crippen molar-refractivity contribution in [3.05, 3.63) is 35.1 Å². The van der Waals surface area contributed by atoms with Crippen LogP contribution in [-0.4, -0.2) is 52.1 Å². The van der Waals surface area contributed by atoms with Gasteiger partial charge in [-0.1, -0.05) is 4.39 Å². The molecule has 0 aromatic heterocycles. The molecule has 0 amide bonds. The first-order valence-electron chi connectivity index (χ1n) is 5.75. The SMILES string of the molecule is FC1=C(F)C(C(F)(F)F)=C(F)[C+](F)[C]1C(F)(F)F.[F][Sb-]([F])([F])([F])([F])[F].[F][Sb]([F])([F])([F])[F]. The fraction of sp³-hybridized carbons (Fsp3) is 0.250. The van der Waals surface area contributed by atoms with E-state index in [0.717, 1.165) is 0 Å². The molecule has 0 saturated heterocycles. The van der Waals surface area contributed by atoms with Crippen molar-refractivity contribution in [1.29, 1.82) is 0 Å². The molecule has 0 atom stereocenters. The van der Waals surface area contributed by atoms with Crippen LogP contribution in [-0.2, 0) is 0 Å². The Labute approximate surface area is 162 Å². The van der Waals surface area contributed by atoms with E-state index < -0.39 is 87.3 Å². The molecule has 189 valence electrons. The van der Waals surface area contributed by atoms with Gasteiger partial charge in [-0.05, 0) is 0 Å². The normalized spacial score (nSPS) is 20.5. The Morgan fingerprint density at radius 2 is 0.871 bits per heavy atom. The molecule has 1 radical (unpaired) electrons. The van der Waals surface area contributed by atoms with Crippen molar-refractivity contribution in [1.82, 2.24) is 0 Å². The van der Waals surface area contributed by atoms with E-state index in [9.17, 15) is 74.8 Å². The van der Waals surface area contributed by atoms with Crippen molar-refractivity contribution in [2.24, 2.45) is 0 Å². The van der Waals surface area contributed by atoms with Gasteiger partial charge in [-0.15, -0.1) is 13.2 Å². The third kappa shape index (κ3) is 17.7. The van der Waals surface area contributed by atoms with Gasteiger partial charge < -0.3 is 0 Å². The Balaban J connectivity index is 0. The van der Waals surface area contributed by atoms with Crippen LogP contribution in [0.2, 0.25) is 0 Å². The molecule has 1 aliphatic carbocycles. The average Bonchev–Trinajstić information content (AvgIpc) is 2.26. The molecule has 0 aromatic rings. The number of alkyl halides is 6. The summed E-state index contributed by atoms with van der Waals surface area (Å²) in [7, 11) is 0. The van der Waals surface area contributed by atoms with E-state index in [2.05, 4.69) is 0 Å². The summed E-state index contributed by atoms with van der Waals surface area (Å²) in [5, 5.41) is 0. The fourth-order valence-electron chi connectivity index (χ4n) is 1.13. The van der Waals surface area contributed by atoms with Crippen LogP contribution < -0.4 is 0 Å². The Kier molecular flexibility index (Phi) is 8.52. The van der Waals surface area contributed by atoms with Crippen molar-refractivity contribution in [3.63, 3.8) is 0 Å². The Bertz CT molecular complexity index is 691. The van der Waals surface area contributed by atoms with E-state index in [1.165, 1.54) is 0 Å². The van der Waals surface area contributed by atoms with Crippen molar-refractivity contribution in [2.75, 3.05) is 0 Å². The Morgan fingerprint density at radius 3 is 1.06 bits per heavy atom. The van der Waals surface area contributed by atoms with Gasteiger partial charge in [0.05, 0.1) is 0 Å². The van der Waals surface area contributed by atoms with Gasteiger partial charge in [0.25, 0.3) is 17.3 Å². The first-order chi connectivity index (χ1) is 12.6. The molecule has 0 spiro atoms. The summed E-state index contributed by atoms with van der Waals surface area (Å²) in [6.45, 7) is 0. The van der Waals surface area contributed by atoms with Gasteiger partial charge in [0.1, 0.15) is 0 Å². The number of hydrogen-bond donors (Lipinski definition) is 0. The standard InChI is InChI=1S/C8F10.11FH.2Sb/c9-3-1(7(13,14)15)4(10)6(12)2(5(3)11)8(16,17)18;;;;;;;;;;;;;/h;11*1H;;/q+1;;;;;;;;;;;;2*+5/p-11. The monoisotopic (exact) mass is 737 g/mol. The molecule has 0 unspecified atom stereocenters. The molecule has 0 aromatic carbocycles. The zero-order chi connectivity index (χ0) is 26.3. The summed E-state index contributed by atoms with van der Waals surface area (Å²) in [5.74, 6) is -12.5. The van der Waals surface area contributed by atoms with Crippen LogP contribution in [0.1, 0.15) is 0 Å². The van der Waals surface area contributed by atoms with Crippen LogP contribution in [0.25, 0.3) is 0 Å². The first kappa shape index (κ1) is 32.7. The second-order valence-electron chi connectivity index (χ2n) is 4.60. The zero-order valence-electron chi connectivity index (χ0n) is 12.8. The summed E-state index contributed by atoms with van der Waals surface area (Å²) in [5.41, 5.74) is -3.05. The van der Waals surface area contributed by atoms with Gasteiger partial charge in [0.15, 0.2) is 0 Å². The minimum absolute atomic E-state index is 3.05. The Morgan fingerprint density at radius 1 is 0.613 bits per heavy atom. The van der Waals surface area contributed by atoms with E-state index in [4.69, 9.17) is 0 Å². The van der Waals surface area contributed by atoms with Crippen molar-refractivity contribution in [2.45, 2.75) is 12.4 Å².